The van der Waals surface area contributed by atoms with Gasteiger partial charge in [-0.2, -0.15) is 0 Å². The summed E-state index contributed by atoms with van der Waals surface area (Å²) in [6.45, 7) is 0. The van der Waals surface area contributed by atoms with Crippen LogP contribution in [0, 0.1) is 112 Å². The van der Waals surface area contributed by atoms with Gasteiger partial charge in [-0.3, -0.25) is 0 Å². The molecular formula is C20H19Cl. The van der Waals surface area contributed by atoms with Crippen molar-refractivity contribution in [3.63, 3.8) is 0 Å². The Kier molecular flexibility index (Phi) is 0.803. The fourth-order valence-corrected chi connectivity index (χ4v) is 16.2. The molecule has 12 rings (SSSR count). The Labute approximate surface area is 129 Å². The summed E-state index contributed by atoms with van der Waals surface area (Å²) in [4.78, 5) is 0.373. The van der Waals surface area contributed by atoms with Crippen LogP contribution in [0.4, 0.5) is 0 Å². The monoisotopic (exact) mass is 294 g/mol. The topological polar surface area (TPSA) is 0 Å². The third kappa shape index (κ3) is 0.426. The van der Waals surface area contributed by atoms with Gasteiger partial charge in [0.2, 0.25) is 0 Å². The maximum Gasteiger partial charge on any atom is 0.0548 e. The smallest absolute Gasteiger partial charge is 0.0548 e. The highest BCUT2D eigenvalue weighted by Gasteiger charge is 3.01. The summed E-state index contributed by atoms with van der Waals surface area (Å²) in [7, 11) is 0. The Morgan fingerprint density at radius 3 is 0.762 bits per heavy atom. The average Bonchev–Trinajstić information content (AvgIpc) is 3.10. The number of alkyl halides is 1. The van der Waals surface area contributed by atoms with Crippen LogP contribution in [0.2, 0.25) is 0 Å². The van der Waals surface area contributed by atoms with Crippen molar-refractivity contribution in [2.75, 3.05) is 0 Å². The van der Waals surface area contributed by atoms with Crippen LogP contribution < -0.4 is 0 Å². The third-order valence-corrected chi connectivity index (χ3v) is 14.1. The molecule has 12 aliphatic carbocycles. The second-order valence-electron chi connectivity index (χ2n) is 11.6. The van der Waals surface area contributed by atoms with Crippen molar-refractivity contribution < 1.29 is 0 Å². The van der Waals surface area contributed by atoms with Crippen LogP contribution in [0.1, 0.15) is 0 Å². The highest BCUT2D eigenvalue weighted by atomic mass is 35.5. The largest absolute Gasteiger partial charge is 0.118 e. The van der Waals surface area contributed by atoms with Crippen molar-refractivity contribution in [1.29, 1.82) is 0 Å². The van der Waals surface area contributed by atoms with E-state index in [0.29, 0.717) is 4.87 Å². The molecule has 0 saturated heterocycles. The Morgan fingerprint density at radius 1 is 0.333 bits per heavy atom. The number of rotatable bonds is 0. The molecule has 0 aliphatic heterocycles. The molecule has 12 fully saturated rings. The number of hydrogen-bond donors (Lipinski definition) is 0. The predicted octanol–water partition coefficient (Wildman–Crippen LogP) is 2.82. The number of halogens is 1. The van der Waals surface area contributed by atoms with Crippen LogP contribution in [-0.4, -0.2) is 4.87 Å². The molecule has 12 aliphatic rings. The van der Waals surface area contributed by atoms with E-state index in [2.05, 4.69) is 0 Å². The third-order valence-electron chi connectivity index (χ3n) is 13.4. The molecule has 0 amide bonds. The summed E-state index contributed by atoms with van der Waals surface area (Å²) in [5.74, 6) is 22.6. The van der Waals surface area contributed by atoms with Gasteiger partial charge in [-0.05, 0) is 112 Å². The summed E-state index contributed by atoms with van der Waals surface area (Å²) >= 11 is 7.75. The van der Waals surface area contributed by atoms with Crippen molar-refractivity contribution in [3.05, 3.63) is 0 Å². The second-order valence-corrected chi connectivity index (χ2v) is 12.3. The maximum absolute atomic E-state index is 7.75. The minimum atomic E-state index is 0.373. The molecule has 0 heterocycles. The Hall–Kier alpha value is 0.290. The number of hydrogen-bond acceptors (Lipinski definition) is 0. The lowest BCUT2D eigenvalue weighted by Crippen LogP contribution is -2.37. The van der Waals surface area contributed by atoms with Gasteiger partial charge in [-0.25, -0.2) is 0 Å². The molecule has 0 spiro atoms. The zero-order valence-corrected chi connectivity index (χ0v) is 12.6. The van der Waals surface area contributed by atoms with Crippen molar-refractivity contribution in [1.82, 2.24) is 0 Å². The minimum absolute atomic E-state index is 0.373. The SMILES string of the molecule is ClC12C3[C@@H]4[C@@H]5C6C7C8[C@@H]9[C@@H]6[C@@H]4C1[C@H]9[C@H]1C2[C@H]2[C@@H](C7[C@@H]5[C@@H]32)[C@H]81. The van der Waals surface area contributed by atoms with Crippen LogP contribution in [0.15, 0.2) is 0 Å². The summed E-state index contributed by atoms with van der Waals surface area (Å²) in [6.07, 6.45) is 0. The first-order chi connectivity index (χ1) is 10.4. The molecule has 0 aromatic carbocycles. The molecule has 0 aromatic rings. The molecule has 0 aromatic heterocycles. The molecule has 12 saturated carbocycles. The predicted molar refractivity (Wildman–Crippen MR) is 74.9 cm³/mol. The van der Waals surface area contributed by atoms with E-state index in [1.165, 1.54) is 94.7 Å². The Balaban J connectivity index is 1.49. The molecule has 0 bridgehead atoms. The molecule has 1 heteroatoms. The van der Waals surface area contributed by atoms with Gasteiger partial charge in [0.1, 0.15) is 0 Å². The van der Waals surface area contributed by atoms with Crippen LogP contribution >= 0.6 is 11.6 Å². The molecule has 106 valence electrons. The average molecular weight is 295 g/mol. The van der Waals surface area contributed by atoms with Gasteiger partial charge in [0.05, 0.1) is 4.87 Å². The summed E-state index contributed by atoms with van der Waals surface area (Å²) in [5.41, 5.74) is 0. The van der Waals surface area contributed by atoms with Crippen molar-refractivity contribution in [2.24, 2.45) is 112 Å². The molecule has 0 nitrogen and oxygen atoms in total. The van der Waals surface area contributed by atoms with E-state index in [0.717, 1.165) is 17.8 Å². The molecule has 20 atom stereocenters. The van der Waals surface area contributed by atoms with E-state index < -0.39 is 0 Å². The highest BCUT2D eigenvalue weighted by Crippen LogP contribution is 3.03. The van der Waals surface area contributed by atoms with Crippen LogP contribution in [0.3, 0.4) is 0 Å². The van der Waals surface area contributed by atoms with Gasteiger partial charge in [0.25, 0.3) is 0 Å². The standard InChI is InChI=1S/C20H19Cl/c21-20-17-11-5-2-1-3-7(5)13(17)15-9(3)10-4(1)8-6(2)12(11)18(20)14(8)16(10)19(15)20/h1-19H/t1?,2?,3?,4?,5-,6-,7-,8+,9+,10+,11-,12+,13-,14+,15+,16-,17?,18?,19?,20?/m0/s1. The molecular weight excluding hydrogens is 276 g/mol. The van der Waals surface area contributed by atoms with Crippen LogP contribution in [0.5, 0.6) is 0 Å². The fraction of sp³-hybridized carbons (Fsp3) is 1.00. The van der Waals surface area contributed by atoms with Crippen LogP contribution in [-0.2, 0) is 0 Å². The Bertz CT molecular complexity index is 611. The first-order valence-corrected chi connectivity index (χ1v) is 10.4. The Morgan fingerprint density at radius 2 is 0.524 bits per heavy atom. The molecule has 0 radical (unpaired) electrons. The van der Waals surface area contributed by atoms with E-state index in [-0.39, 0.29) is 0 Å². The van der Waals surface area contributed by atoms with E-state index in [1.807, 2.05) is 0 Å². The highest BCUT2D eigenvalue weighted by molar-refractivity contribution is 6.25. The zero-order chi connectivity index (χ0) is 12.5. The quantitative estimate of drug-likeness (QED) is 0.603. The van der Waals surface area contributed by atoms with Gasteiger partial charge >= 0.3 is 0 Å². The first-order valence-electron chi connectivity index (χ1n) is 10.1. The van der Waals surface area contributed by atoms with Crippen molar-refractivity contribution in [3.8, 4) is 0 Å². The van der Waals surface area contributed by atoms with Gasteiger partial charge < -0.3 is 0 Å². The summed E-state index contributed by atoms with van der Waals surface area (Å²) in [6, 6.07) is 0. The second kappa shape index (κ2) is 1.88. The molecule has 0 N–H and O–H groups in total. The lowest BCUT2D eigenvalue weighted by atomic mass is 9.77. The zero-order valence-electron chi connectivity index (χ0n) is 11.8. The van der Waals surface area contributed by atoms with E-state index >= 15 is 0 Å². The van der Waals surface area contributed by atoms with Crippen molar-refractivity contribution in [2.45, 2.75) is 4.87 Å². The van der Waals surface area contributed by atoms with Crippen molar-refractivity contribution >= 4 is 11.6 Å². The van der Waals surface area contributed by atoms with E-state index in [1.54, 1.807) is 0 Å². The van der Waals surface area contributed by atoms with Gasteiger partial charge in [0, 0.05) is 0 Å². The lowest BCUT2D eigenvalue weighted by Gasteiger charge is -2.34. The first kappa shape index (κ1) is 8.95. The van der Waals surface area contributed by atoms with Gasteiger partial charge in [-0.1, -0.05) is 0 Å². The lowest BCUT2D eigenvalue weighted by molar-refractivity contribution is 0.198. The minimum Gasteiger partial charge on any atom is -0.118 e. The van der Waals surface area contributed by atoms with E-state index in [4.69, 9.17) is 11.6 Å². The molecule has 21 heavy (non-hydrogen) atoms. The summed E-state index contributed by atoms with van der Waals surface area (Å²) in [5, 5.41) is 0. The van der Waals surface area contributed by atoms with Gasteiger partial charge in [0.15, 0.2) is 0 Å². The maximum atomic E-state index is 7.75. The van der Waals surface area contributed by atoms with Gasteiger partial charge in [-0.15, -0.1) is 11.6 Å². The fourth-order valence-electron chi connectivity index (χ4n) is 15.3. The normalized spacial score (nSPS) is 107. The summed E-state index contributed by atoms with van der Waals surface area (Å²) < 4.78 is 0. The van der Waals surface area contributed by atoms with Crippen LogP contribution in [0.25, 0.3) is 0 Å². The van der Waals surface area contributed by atoms with E-state index in [9.17, 15) is 0 Å². The molecule has 8 unspecified atom stereocenters.